The van der Waals surface area contributed by atoms with E-state index in [2.05, 4.69) is 29.4 Å². The Kier molecular flexibility index (Phi) is 5.56. The lowest BCUT2D eigenvalue weighted by molar-refractivity contribution is 0.0883. The van der Waals surface area contributed by atoms with Gasteiger partial charge in [-0.15, -0.1) is 0 Å². The van der Waals surface area contributed by atoms with Gasteiger partial charge in [-0.05, 0) is 42.7 Å². The molecule has 1 atom stereocenters. The van der Waals surface area contributed by atoms with E-state index in [1.165, 1.54) is 5.56 Å². The van der Waals surface area contributed by atoms with Gasteiger partial charge >= 0.3 is 6.03 Å². The van der Waals surface area contributed by atoms with Crippen LogP contribution in [0.15, 0.2) is 54.6 Å². The number of β-amino-alcohol motifs (C(OH)–C–C–N with tert-alkyl or cyclic N) is 1. The summed E-state index contributed by atoms with van der Waals surface area (Å²) >= 11 is 0. The number of likely N-dealkylation sites (tertiary alicyclic amines) is 1. The maximum Gasteiger partial charge on any atom is 0.321 e. The maximum absolute atomic E-state index is 12.3. The van der Waals surface area contributed by atoms with Crippen LogP contribution in [0, 0.1) is 0 Å². The van der Waals surface area contributed by atoms with E-state index < -0.39 is 6.10 Å². The molecule has 3 rings (SSSR count). The van der Waals surface area contributed by atoms with E-state index in [-0.39, 0.29) is 6.03 Å². The van der Waals surface area contributed by atoms with Crippen molar-refractivity contribution < 1.29 is 9.90 Å². The molecular weight excluding hydrogens is 314 g/mol. The zero-order chi connectivity index (χ0) is 17.6. The largest absolute Gasteiger partial charge is 0.391 e. The number of nitrogens with zero attached hydrogens (tertiary/aromatic N) is 2. The summed E-state index contributed by atoms with van der Waals surface area (Å²) in [7, 11) is 2.05. The molecule has 132 valence electrons. The molecule has 1 heterocycles. The predicted molar refractivity (Wildman–Crippen MR) is 101 cm³/mol. The van der Waals surface area contributed by atoms with Gasteiger partial charge in [0.05, 0.1) is 6.10 Å². The molecule has 25 heavy (non-hydrogen) atoms. The minimum atomic E-state index is -0.409. The third-order valence-corrected chi connectivity index (χ3v) is 4.51. The van der Waals surface area contributed by atoms with Crippen LogP contribution in [0.2, 0.25) is 0 Å². The number of hydrogen-bond acceptors (Lipinski definition) is 3. The van der Waals surface area contributed by atoms with Crippen LogP contribution in [0.5, 0.6) is 0 Å². The number of urea groups is 1. The summed E-state index contributed by atoms with van der Waals surface area (Å²) in [6.07, 6.45) is 1.21. The number of rotatable bonds is 4. The standard InChI is InChI=1S/C20H25N3O2/c1-22(14-16-6-3-2-4-7-16)18-11-9-17(10-12-18)21-20(25)23-13-5-8-19(24)15-23/h2-4,6-7,9-12,19,24H,5,8,13-15H2,1H3,(H,21,25). The monoisotopic (exact) mass is 339 g/mol. The highest BCUT2D eigenvalue weighted by Gasteiger charge is 2.21. The van der Waals surface area contributed by atoms with E-state index in [0.717, 1.165) is 30.8 Å². The number of aliphatic hydroxyl groups excluding tert-OH is 1. The van der Waals surface area contributed by atoms with Crippen LogP contribution in [0.25, 0.3) is 0 Å². The molecule has 0 saturated carbocycles. The number of piperidine rings is 1. The third kappa shape index (κ3) is 4.73. The van der Waals surface area contributed by atoms with Crippen molar-refractivity contribution in [3.05, 3.63) is 60.2 Å². The highest BCUT2D eigenvalue weighted by Crippen LogP contribution is 2.19. The van der Waals surface area contributed by atoms with Crippen molar-refractivity contribution >= 4 is 17.4 Å². The molecule has 1 aliphatic heterocycles. The summed E-state index contributed by atoms with van der Waals surface area (Å²) in [6, 6.07) is 18.0. The normalized spacial score (nSPS) is 17.2. The molecule has 0 bridgehead atoms. The SMILES string of the molecule is CN(Cc1ccccc1)c1ccc(NC(=O)N2CCCC(O)C2)cc1. The molecule has 1 fully saturated rings. The van der Waals surface area contributed by atoms with E-state index in [4.69, 9.17) is 0 Å². The highest BCUT2D eigenvalue weighted by molar-refractivity contribution is 5.89. The van der Waals surface area contributed by atoms with Crippen LogP contribution < -0.4 is 10.2 Å². The summed E-state index contributed by atoms with van der Waals surface area (Å²) in [4.78, 5) is 16.1. The van der Waals surface area contributed by atoms with E-state index in [1.54, 1.807) is 4.90 Å². The van der Waals surface area contributed by atoms with Crippen molar-refractivity contribution in [1.82, 2.24) is 4.90 Å². The molecule has 0 spiro atoms. The Labute approximate surface area is 148 Å². The number of amides is 2. The molecule has 2 aromatic carbocycles. The first-order valence-electron chi connectivity index (χ1n) is 8.71. The van der Waals surface area contributed by atoms with Crippen LogP contribution in [-0.4, -0.2) is 42.3 Å². The van der Waals surface area contributed by atoms with Gasteiger partial charge in [-0.25, -0.2) is 4.79 Å². The molecule has 2 N–H and O–H groups in total. The fourth-order valence-corrected chi connectivity index (χ4v) is 3.09. The van der Waals surface area contributed by atoms with Crippen molar-refractivity contribution in [3.8, 4) is 0 Å². The smallest absolute Gasteiger partial charge is 0.321 e. The number of hydrogen-bond donors (Lipinski definition) is 2. The zero-order valence-corrected chi connectivity index (χ0v) is 14.6. The average molecular weight is 339 g/mol. The van der Waals surface area contributed by atoms with E-state index >= 15 is 0 Å². The Morgan fingerprint density at radius 3 is 2.60 bits per heavy atom. The summed E-state index contributed by atoms with van der Waals surface area (Å²) < 4.78 is 0. The van der Waals surface area contributed by atoms with Crippen molar-refractivity contribution in [1.29, 1.82) is 0 Å². The Balaban J connectivity index is 1.57. The minimum Gasteiger partial charge on any atom is -0.391 e. The van der Waals surface area contributed by atoms with Gasteiger partial charge in [0.2, 0.25) is 0 Å². The minimum absolute atomic E-state index is 0.149. The van der Waals surface area contributed by atoms with Gasteiger partial charge < -0.3 is 20.2 Å². The molecule has 0 aliphatic carbocycles. The molecule has 0 radical (unpaired) electrons. The quantitative estimate of drug-likeness (QED) is 0.898. The first-order valence-corrected chi connectivity index (χ1v) is 8.71. The number of anilines is 2. The number of benzene rings is 2. The molecule has 5 heteroatoms. The summed E-state index contributed by atoms with van der Waals surface area (Å²) in [5.41, 5.74) is 3.11. The summed E-state index contributed by atoms with van der Waals surface area (Å²) in [5, 5.41) is 12.6. The fraction of sp³-hybridized carbons (Fsp3) is 0.350. The van der Waals surface area contributed by atoms with Gasteiger partial charge in [0.15, 0.2) is 0 Å². The lowest BCUT2D eigenvalue weighted by Gasteiger charge is -2.30. The Morgan fingerprint density at radius 2 is 1.92 bits per heavy atom. The van der Waals surface area contributed by atoms with Gasteiger partial charge in [0.1, 0.15) is 0 Å². The number of nitrogens with one attached hydrogen (secondary N) is 1. The fourth-order valence-electron chi connectivity index (χ4n) is 3.09. The van der Waals surface area contributed by atoms with Gasteiger partial charge in [0, 0.05) is 38.1 Å². The highest BCUT2D eigenvalue weighted by atomic mass is 16.3. The first kappa shape index (κ1) is 17.3. The predicted octanol–water partition coefficient (Wildman–Crippen LogP) is 3.31. The maximum atomic E-state index is 12.3. The molecule has 2 aromatic rings. The topological polar surface area (TPSA) is 55.8 Å². The molecule has 1 unspecified atom stereocenters. The lowest BCUT2D eigenvalue weighted by atomic mass is 10.1. The Bertz CT molecular complexity index is 688. The molecule has 1 saturated heterocycles. The second-order valence-electron chi connectivity index (χ2n) is 6.56. The first-order chi connectivity index (χ1) is 12.1. The second kappa shape index (κ2) is 8.03. The third-order valence-electron chi connectivity index (χ3n) is 4.51. The van der Waals surface area contributed by atoms with Crippen LogP contribution >= 0.6 is 0 Å². The molecular formula is C20H25N3O2. The van der Waals surface area contributed by atoms with Gasteiger partial charge in [0.25, 0.3) is 0 Å². The van der Waals surface area contributed by atoms with Crippen molar-refractivity contribution in [2.24, 2.45) is 0 Å². The molecule has 5 nitrogen and oxygen atoms in total. The molecule has 0 aromatic heterocycles. The molecule has 1 aliphatic rings. The van der Waals surface area contributed by atoms with Crippen molar-refractivity contribution in [3.63, 3.8) is 0 Å². The molecule has 2 amide bonds. The van der Waals surface area contributed by atoms with Crippen LogP contribution in [-0.2, 0) is 6.54 Å². The van der Waals surface area contributed by atoms with Gasteiger partial charge in [-0.3, -0.25) is 0 Å². The lowest BCUT2D eigenvalue weighted by Crippen LogP contribution is -2.44. The average Bonchev–Trinajstić information content (AvgIpc) is 2.63. The van der Waals surface area contributed by atoms with Gasteiger partial charge in [-0.1, -0.05) is 30.3 Å². The second-order valence-corrected chi connectivity index (χ2v) is 6.56. The van der Waals surface area contributed by atoms with Crippen molar-refractivity contribution in [2.45, 2.75) is 25.5 Å². The van der Waals surface area contributed by atoms with Crippen LogP contribution in [0.3, 0.4) is 0 Å². The van der Waals surface area contributed by atoms with E-state index in [0.29, 0.717) is 13.1 Å². The number of carbonyl (C=O) groups excluding carboxylic acids is 1. The Morgan fingerprint density at radius 1 is 1.20 bits per heavy atom. The number of carbonyl (C=O) groups is 1. The van der Waals surface area contributed by atoms with Crippen LogP contribution in [0.4, 0.5) is 16.2 Å². The summed E-state index contributed by atoms with van der Waals surface area (Å²) in [6.45, 7) is 1.93. The Hall–Kier alpha value is -2.53. The van der Waals surface area contributed by atoms with Gasteiger partial charge in [-0.2, -0.15) is 0 Å². The summed E-state index contributed by atoms with van der Waals surface area (Å²) in [5.74, 6) is 0. The van der Waals surface area contributed by atoms with E-state index in [9.17, 15) is 9.90 Å². The van der Waals surface area contributed by atoms with Crippen LogP contribution in [0.1, 0.15) is 18.4 Å². The number of aliphatic hydroxyl groups is 1. The van der Waals surface area contributed by atoms with Crippen molar-refractivity contribution in [2.75, 3.05) is 30.4 Å². The van der Waals surface area contributed by atoms with E-state index in [1.807, 2.05) is 42.5 Å². The zero-order valence-electron chi connectivity index (χ0n) is 14.6.